The van der Waals surface area contributed by atoms with Crippen LogP contribution in [0.25, 0.3) is 44.3 Å². The Morgan fingerprint density at radius 1 is 0.939 bits per heavy atom. The van der Waals surface area contributed by atoms with E-state index in [1.807, 2.05) is 54.6 Å². The highest BCUT2D eigenvalue weighted by Gasteiger charge is 2.20. The fraction of sp³-hybridized carbons (Fsp3) is 0.148. The van der Waals surface area contributed by atoms with Crippen LogP contribution in [0.2, 0.25) is 5.02 Å². The number of halogens is 1. The number of hydrogen-bond donors (Lipinski definition) is 1. The number of aromatic nitrogens is 3. The van der Waals surface area contributed by atoms with E-state index in [1.54, 1.807) is 12.4 Å². The molecule has 1 aliphatic rings. The molecular formula is C27H21ClN4O. The van der Waals surface area contributed by atoms with E-state index < -0.39 is 0 Å². The van der Waals surface area contributed by atoms with Crippen molar-refractivity contribution in [2.24, 2.45) is 0 Å². The molecule has 6 heteroatoms. The Bertz CT molecular complexity index is 1560. The summed E-state index contributed by atoms with van der Waals surface area (Å²) in [5.74, 6) is 0. The van der Waals surface area contributed by atoms with Gasteiger partial charge in [0.05, 0.1) is 21.6 Å². The van der Waals surface area contributed by atoms with E-state index >= 15 is 0 Å². The molecular weight excluding hydrogens is 432 g/mol. The number of nitrogens with one attached hydrogen (secondary N) is 1. The van der Waals surface area contributed by atoms with E-state index in [9.17, 15) is 4.79 Å². The largest absolute Gasteiger partial charge is 0.367 e. The van der Waals surface area contributed by atoms with Gasteiger partial charge in [-0.1, -0.05) is 48.0 Å². The van der Waals surface area contributed by atoms with Gasteiger partial charge in [-0.05, 0) is 42.7 Å². The third-order valence-electron chi connectivity index (χ3n) is 6.31. The van der Waals surface area contributed by atoms with Gasteiger partial charge in [0.2, 0.25) is 5.43 Å². The Morgan fingerprint density at radius 3 is 2.58 bits per heavy atom. The van der Waals surface area contributed by atoms with Crippen LogP contribution >= 0.6 is 11.6 Å². The van der Waals surface area contributed by atoms with Crippen molar-refractivity contribution >= 4 is 39.2 Å². The highest BCUT2D eigenvalue weighted by Crippen LogP contribution is 2.36. The predicted molar refractivity (Wildman–Crippen MR) is 135 cm³/mol. The van der Waals surface area contributed by atoms with Gasteiger partial charge in [-0.3, -0.25) is 9.78 Å². The summed E-state index contributed by atoms with van der Waals surface area (Å²) in [6, 6.07) is 19.8. The number of H-pyrrole nitrogens is 1. The molecule has 33 heavy (non-hydrogen) atoms. The molecule has 0 saturated carbocycles. The molecule has 0 unspecified atom stereocenters. The summed E-state index contributed by atoms with van der Waals surface area (Å²) >= 11 is 6.61. The van der Waals surface area contributed by atoms with Gasteiger partial charge < -0.3 is 9.88 Å². The lowest BCUT2D eigenvalue weighted by Crippen LogP contribution is -2.25. The first-order valence-corrected chi connectivity index (χ1v) is 11.5. The van der Waals surface area contributed by atoms with Gasteiger partial charge in [0.15, 0.2) is 0 Å². The molecule has 0 spiro atoms. The molecule has 6 rings (SSSR count). The first-order valence-electron chi connectivity index (χ1n) is 11.1. The van der Waals surface area contributed by atoms with Gasteiger partial charge in [0.1, 0.15) is 11.3 Å². The molecule has 5 aromatic rings. The third-order valence-corrected chi connectivity index (χ3v) is 6.60. The number of benzene rings is 2. The lowest BCUT2D eigenvalue weighted by Gasteiger charge is -2.18. The van der Waals surface area contributed by atoms with Crippen molar-refractivity contribution in [2.75, 3.05) is 18.0 Å². The Labute approximate surface area is 195 Å². The molecule has 0 aliphatic carbocycles. The van der Waals surface area contributed by atoms with Gasteiger partial charge >= 0.3 is 0 Å². The van der Waals surface area contributed by atoms with Crippen LogP contribution in [-0.4, -0.2) is 28.0 Å². The number of hydrogen-bond acceptors (Lipinski definition) is 4. The molecule has 3 aromatic heterocycles. The smallest absolute Gasteiger partial charge is 0.214 e. The minimum absolute atomic E-state index is 0.00700. The summed E-state index contributed by atoms with van der Waals surface area (Å²) in [4.78, 5) is 28.3. The van der Waals surface area contributed by atoms with E-state index in [4.69, 9.17) is 16.6 Å². The van der Waals surface area contributed by atoms with Crippen molar-refractivity contribution < 1.29 is 0 Å². The molecule has 2 aromatic carbocycles. The topological polar surface area (TPSA) is 61.9 Å². The van der Waals surface area contributed by atoms with Crippen LogP contribution in [0.4, 0.5) is 5.69 Å². The monoisotopic (exact) mass is 452 g/mol. The summed E-state index contributed by atoms with van der Waals surface area (Å²) in [6.07, 6.45) is 5.76. The number of nitrogens with zero attached hydrogens (tertiary/aromatic N) is 3. The minimum Gasteiger partial charge on any atom is -0.367 e. The average molecular weight is 453 g/mol. The zero-order valence-electron chi connectivity index (χ0n) is 17.9. The van der Waals surface area contributed by atoms with E-state index in [1.165, 1.54) is 0 Å². The molecule has 1 fully saturated rings. The number of pyridine rings is 3. The molecule has 1 N–H and O–H groups in total. The highest BCUT2D eigenvalue weighted by molar-refractivity contribution is 6.35. The second kappa shape index (κ2) is 8.01. The zero-order valence-corrected chi connectivity index (χ0v) is 18.6. The minimum atomic E-state index is 0.00700. The predicted octanol–water partition coefficient (Wildman–Crippen LogP) is 6.06. The first-order chi connectivity index (χ1) is 16.2. The van der Waals surface area contributed by atoms with E-state index in [-0.39, 0.29) is 5.43 Å². The maximum absolute atomic E-state index is 13.5. The molecule has 162 valence electrons. The fourth-order valence-corrected chi connectivity index (χ4v) is 4.94. The molecule has 1 saturated heterocycles. The number of rotatable bonds is 3. The van der Waals surface area contributed by atoms with E-state index in [0.29, 0.717) is 21.7 Å². The van der Waals surface area contributed by atoms with Crippen molar-refractivity contribution in [2.45, 2.75) is 12.8 Å². The number of aromatic amines is 1. The molecule has 5 nitrogen and oxygen atoms in total. The zero-order chi connectivity index (χ0) is 22.4. The van der Waals surface area contributed by atoms with Crippen LogP contribution in [-0.2, 0) is 0 Å². The van der Waals surface area contributed by atoms with Gasteiger partial charge in [-0.25, -0.2) is 4.98 Å². The van der Waals surface area contributed by atoms with Crippen molar-refractivity contribution in [1.29, 1.82) is 0 Å². The number of anilines is 1. The summed E-state index contributed by atoms with van der Waals surface area (Å²) < 4.78 is 0. The van der Waals surface area contributed by atoms with Crippen LogP contribution in [0.15, 0.2) is 77.9 Å². The maximum atomic E-state index is 13.5. The Balaban J connectivity index is 1.64. The molecule has 0 amide bonds. The lowest BCUT2D eigenvalue weighted by atomic mass is 9.96. The second-order valence-corrected chi connectivity index (χ2v) is 8.78. The van der Waals surface area contributed by atoms with Gasteiger partial charge in [0, 0.05) is 42.0 Å². The van der Waals surface area contributed by atoms with Gasteiger partial charge in [0.25, 0.3) is 0 Å². The summed E-state index contributed by atoms with van der Waals surface area (Å²) in [7, 11) is 0. The fourth-order valence-electron chi connectivity index (χ4n) is 4.67. The van der Waals surface area contributed by atoms with Gasteiger partial charge in [-0.15, -0.1) is 0 Å². The highest BCUT2D eigenvalue weighted by atomic mass is 35.5. The average Bonchev–Trinajstić information content (AvgIpc) is 3.39. The molecule has 4 heterocycles. The summed E-state index contributed by atoms with van der Waals surface area (Å²) in [5, 5.41) is 2.09. The third kappa shape index (κ3) is 3.45. The Kier molecular flexibility index (Phi) is 4.84. The lowest BCUT2D eigenvalue weighted by molar-refractivity contribution is 0.949. The molecule has 0 atom stereocenters. The van der Waals surface area contributed by atoms with Crippen LogP contribution < -0.4 is 10.3 Å². The van der Waals surface area contributed by atoms with Crippen LogP contribution in [0, 0.1) is 0 Å². The summed E-state index contributed by atoms with van der Waals surface area (Å²) in [5.41, 5.74) is 5.60. The molecule has 0 bridgehead atoms. The van der Waals surface area contributed by atoms with Crippen molar-refractivity contribution in [3.8, 4) is 22.4 Å². The number of fused-ring (bicyclic) bond motifs is 2. The Morgan fingerprint density at radius 2 is 1.76 bits per heavy atom. The Hall–Kier alpha value is -3.70. The van der Waals surface area contributed by atoms with Crippen molar-refractivity contribution in [1.82, 2.24) is 15.0 Å². The first kappa shape index (κ1) is 19.9. The van der Waals surface area contributed by atoms with Crippen molar-refractivity contribution in [3.05, 3.63) is 88.3 Å². The van der Waals surface area contributed by atoms with Crippen LogP contribution in [0.3, 0.4) is 0 Å². The SMILES string of the molecule is O=c1c(N2CCCC2)c[nH]c2nc(-c3ccccc3)c(-c3cc(Cl)c4ncccc4c3)cc12. The standard InChI is InChI=1S/C27H21ClN4O/c28-22-14-19(13-18-9-6-10-29-25(18)22)20-15-21-26(33)23(32-11-4-5-12-32)16-30-27(21)31-24(20)17-7-2-1-3-8-17/h1-3,6-10,13-16H,4-5,11-12H2,(H,30,31,33). The van der Waals surface area contributed by atoms with Crippen LogP contribution in [0.5, 0.6) is 0 Å². The quantitative estimate of drug-likeness (QED) is 0.361. The molecule has 0 radical (unpaired) electrons. The van der Waals surface area contributed by atoms with E-state index in [0.717, 1.165) is 59.2 Å². The maximum Gasteiger partial charge on any atom is 0.214 e. The second-order valence-electron chi connectivity index (χ2n) is 8.38. The van der Waals surface area contributed by atoms with Crippen LogP contribution in [0.1, 0.15) is 12.8 Å². The molecule has 1 aliphatic heterocycles. The van der Waals surface area contributed by atoms with Gasteiger partial charge in [-0.2, -0.15) is 0 Å². The normalized spacial score (nSPS) is 13.8. The summed E-state index contributed by atoms with van der Waals surface area (Å²) in [6.45, 7) is 1.81. The van der Waals surface area contributed by atoms with E-state index in [2.05, 4.69) is 20.9 Å². The van der Waals surface area contributed by atoms with Crippen molar-refractivity contribution in [3.63, 3.8) is 0 Å².